The summed E-state index contributed by atoms with van der Waals surface area (Å²) in [5, 5.41) is 3.59. The zero-order valence-electron chi connectivity index (χ0n) is 17.9. The van der Waals surface area contributed by atoms with Gasteiger partial charge in [-0.05, 0) is 55.2 Å². The van der Waals surface area contributed by atoms with Gasteiger partial charge in [0.25, 0.3) is 0 Å². The fourth-order valence-electron chi connectivity index (χ4n) is 4.04. The maximum absolute atomic E-state index is 12.9. The molecule has 9 heteroatoms. The predicted octanol–water partition coefficient (Wildman–Crippen LogP) is 3.53. The van der Waals surface area contributed by atoms with Gasteiger partial charge in [0.1, 0.15) is 13.2 Å². The summed E-state index contributed by atoms with van der Waals surface area (Å²) in [6.07, 6.45) is 1.31. The smallest absolute Gasteiger partial charge is 0.224 e. The van der Waals surface area contributed by atoms with Crippen LogP contribution in [-0.4, -0.2) is 44.9 Å². The van der Waals surface area contributed by atoms with Gasteiger partial charge in [0.2, 0.25) is 15.9 Å². The van der Waals surface area contributed by atoms with Crippen LogP contribution in [0.5, 0.6) is 11.5 Å². The third kappa shape index (κ3) is 5.36. The lowest BCUT2D eigenvalue weighted by molar-refractivity contribution is -0.126. The standard InChI is InChI=1S/C23H27ClN2O5S/c1-16(18-6-9-21-22(13-18)31-12-11-30-21)25-23(27)19-3-2-10-26(14-19)32(28,29)15-17-4-7-20(24)8-5-17/h4-9,13,16,19H,2-3,10-12,14-15H2,1H3,(H,25,27). The summed E-state index contributed by atoms with van der Waals surface area (Å²) < 4.78 is 38.5. The van der Waals surface area contributed by atoms with Crippen molar-refractivity contribution in [3.8, 4) is 11.5 Å². The van der Waals surface area contributed by atoms with Crippen molar-refractivity contribution in [3.05, 3.63) is 58.6 Å². The van der Waals surface area contributed by atoms with Gasteiger partial charge >= 0.3 is 0 Å². The monoisotopic (exact) mass is 478 g/mol. The molecule has 2 atom stereocenters. The highest BCUT2D eigenvalue weighted by atomic mass is 35.5. The summed E-state index contributed by atoms with van der Waals surface area (Å²) in [5.41, 5.74) is 1.58. The molecule has 7 nitrogen and oxygen atoms in total. The number of sulfonamides is 1. The molecule has 32 heavy (non-hydrogen) atoms. The van der Waals surface area contributed by atoms with Crippen LogP contribution in [0.1, 0.15) is 36.9 Å². The molecule has 1 fully saturated rings. The highest BCUT2D eigenvalue weighted by Gasteiger charge is 2.33. The Kier molecular flexibility index (Phi) is 6.93. The Labute approximate surface area is 193 Å². The largest absolute Gasteiger partial charge is 0.486 e. The van der Waals surface area contributed by atoms with Crippen LogP contribution < -0.4 is 14.8 Å². The highest BCUT2D eigenvalue weighted by Crippen LogP contribution is 2.33. The van der Waals surface area contributed by atoms with Crippen molar-refractivity contribution >= 4 is 27.5 Å². The normalized spacial score (nSPS) is 19.9. The molecule has 2 unspecified atom stereocenters. The second-order valence-electron chi connectivity index (χ2n) is 8.21. The Balaban J connectivity index is 1.38. The molecule has 0 bridgehead atoms. The number of nitrogens with one attached hydrogen (secondary N) is 1. The summed E-state index contributed by atoms with van der Waals surface area (Å²) in [5.74, 6) is 0.744. The van der Waals surface area contributed by atoms with Gasteiger partial charge in [0, 0.05) is 18.1 Å². The number of hydrogen-bond donors (Lipinski definition) is 1. The first kappa shape index (κ1) is 22.9. The van der Waals surface area contributed by atoms with Gasteiger partial charge < -0.3 is 14.8 Å². The van der Waals surface area contributed by atoms with Crippen LogP contribution in [0.3, 0.4) is 0 Å². The molecule has 4 rings (SSSR count). The number of carbonyl (C=O) groups excluding carboxylic acids is 1. The van der Waals surface area contributed by atoms with Gasteiger partial charge in [-0.25, -0.2) is 12.7 Å². The minimum atomic E-state index is -3.53. The van der Waals surface area contributed by atoms with Crippen molar-refractivity contribution in [1.82, 2.24) is 9.62 Å². The van der Waals surface area contributed by atoms with E-state index in [4.69, 9.17) is 21.1 Å². The Hall–Kier alpha value is -2.29. The number of ether oxygens (including phenoxy) is 2. The van der Waals surface area contributed by atoms with Crippen LogP contribution in [0.15, 0.2) is 42.5 Å². The van der Waals surface area contributed by atoms with E-state index >= 15 is 0 Å². The molecule has 1 N–H and O–H groups in total. The number of amides is 1. The van der Waals surface area contributed by atoms with Crippen molar-refractivity contribution in [1.29, 1.82) is 0 Å². The summed E-state index contributed by atoms with van der Waals surface area (Å²) >= 11 is 5.89. The van der Waals surface area contributed by atoms with Gasteiger partial charge in [-0.1, -0.05) is 29.8 Å². The van der Waals surface area contributed by atoms with Gasteiger partial charge in [0.05, 0.1) is 17.7 Å². The maximum atomic E-state index is 12.9. The molecule has 0 saturated carbocycles. The molecular formula is C23H27ClN2O5S. The predicted molar refractivity (Wildman–Crippen MR) is 122 cm³/mol. The minimum Gasteiger partial charge on any atom is -0.486 e. The Morgan fingerprint density at radius 1 is 1.16 bits per heavy atom. The van der Waals surface area contributed by atoms with E-state index in [1.807, 2.05) is 25.1 Å². The number of nitrogens with zero attached hydrogens (tertiary/aromatic N) is 1. The van der Waals surface area contributed by atoms with Crippen LogP contribution >= 0.6 is 11.6 Å². The lowest BCUT2D eigenvalue weighted by atomic mass is 9.97. The number of piperidine rings is 1. The van der Waals surface area contributed by atoms with E-state index in [-0.39, 0.29) is 30.2 Å². The lowest BCUT2D eigenvalue weighted by Gasteiger charge is -2.32. The first-order valence-corrected chi connectivity index (χ1v) is 12.7. The zero-order chi connectivity index (χ0) is 22.7. The van der Waals surface area contributed by atoms with E-state index in [2.05, 4.69) is 5.32 Å². The van der Waals surface area contributed by atoms with Crippen LogP contribution in [0.4, 0.5) is 0 Å². The Bertz CT molecular complexity index is 1070. The number of fused-ring (bicyclic) bond motifs is 1. The van der Waals surface area contributed by atoms with E-state index in [0.717, 1.165) is 5.56 Å². The fourth-order valence-corrected chi connectivity index (χ4v) is 5.77. The maximum Gasteiger partial charge on any atom is 0.224 e. The average Bonchev–Trinajstić information content (AvgIpc) is 2.80. The van der Waals surface area contributed by atoms with Gasteiger partial charge in [-0.15, -0.1) is 0 Å². The molecule has 2 heterocycles. The minimum absolute atomic E-state index is 0.105. The van der Waals surface area contributed by atoms with Gasteiger partial charge in [0.15, 0.2) is 11.5 Å². The second-order valence-corrected chi connectivity index (χ2v) is 10.6. The highest BCUT2D eigenvalue weighted by molar-refractivity contribution is 7.88. The number of hydrogen-bond acceptors (Lipinski definition) is 5. The number of halogens is 1. The molecule has 2 aromatic carbocycles. The molecule has 0 aliphatic carbocycles. The molecule has 2 aliphatic rings. The van der Waals surface area contributed by atoms with Gasteiger partial charge in [-0.2, -0.15) is 0 Å². The Morgan fingerprint density at radius 2 is 1.88 bits per heavy atom. The molecular weight excluding hydrogens is 452 g/mol. The first-order valence-electron chi connectivity index (χ1n) is 10.7. The van der Waals surface area contributed by atoms with E-state index in [0.29, 0.717) is 54.7 Å². The summed E-state index contributed by atoms with van der Waals surface area (Å²) in [6, 6.07) is 12.2. The number of benzene rings is 2. The van der Waals surface area contributed by atoms with E-state index < -0.39 is 10.0 Å². The summed E-state index contributed by atoms with van der Waals surface area (Å²) in [6.45, 7) is 3.55. The van der Waals surface area contributed by atoms with E-state index in [1.54, 1.807) is 24.3 Å². The third-order valence-corrected chi connectivity index (χ3v) is 7.90. The van der Waals surface area contributed by atoms with Crippen LogP contribution in [0.2, 0.25) is 5.02 Å². The van der Waals surface area contributed by atoms with E-state index in [1.165, 1.54) is 4.31 Å². The van der Waals surface area contributed by atoms with Crippen molar-refractivity contribution in [2.75, 3.05) is 26.3 Å². The Morgan fingerprint density at radius 3 is 2.62 bits per heavy atom. The SMILES string of the molecule is CC(NC(=O)C1CCCN(S(=O)(=O)Cc2ccc(Cl)cc2)C1)c1ccc2c(c1)OCCO2. The lowest BCUT2D eigenvalue weighted by Crippen LogP contribution is -2.46. The average molecular weight is 479 g/mol. The first-order chi connectivity index (χ1) is 15.3. The molecule has 0 spiro atoms. The number of rotatable bonds is 6. The molecule has 0 aromatic heterocycles. The van der Waals surface area contributed by atoms with E-state index in [9.17, 15) is 13.2 Å². The molecule has 1 saturated heterocycles. The van der Waals surface area contributed by atoms with Crippen LogP contribution in [0, 0.1) is 5.92 Å². The quantitative estimate of drug-likeness (QED) is 0.686. The van der Waals surface area contributed by atoms with Crippen molar-refractivity contribution in [2.45, 2.75) is 31.6 Å². The fraction of sp³-hybridized carbons (Fsp3) is 0.435. The third-order valence-electron chi connectivity index (χ3n) is 5.84. The molecule has 1 amide bonds. The van der Waals surface area contributed by atoms with Crippen molar-refractivity contribution in [2.24, 2.45) is 5.92 Å². The van der Waals surface area contributed by atoms with Crippen molar-refractivity contribution < 1.29 is 22.7 Å². The summed E-state index contributed by atoms with van der Waals surface area (Å²) in [7, 11) is -3.53. The molecule has 2 aromatic rings. The van der Waals surface area contributed by atoms with Gasteiger partial charge in [-0.3, -0.25) is 4.79 Å². The molecule has 2 aliphatic heterocycles. The van der Waals surface area contributed by atoms with Crippen LogP contribution in [0.25, 0.3) is 0 Å². The topological polar surface area (TPSA) is 84.9 Å². The van der Waals surface area contributed by atoms with Crippen molar-refractivity contribution in [3.63, 3.8) is 0 Å². The molecule has 0 radical (unpaired) electrons. The second kappa shape index (κ2) is 9.68. The summed E-state index contributed by atoms with van der Waals surface area (Å²) in [4.78, 5) is 12.9. The number of carbonyl (C=O) groups is 1. The zero-order valence-corrected chi connectivity index (χ0v) is 19.5. The molecule has 172 valence electrons. The van der Waals surface area contributed by atoms with Crippen LogP contribution in [-0.2, 0) is 20.6 Å².